The van der Waals surface area contributed by atoms with Crippen LogP contribution in [0.25, 0.3) is 0 Å². The van der Waals surface area contributed by atoms with Gasteiger partial charge in [0.05, 0.1) is 7.11 Å². The third kappa shape index (κ3) is 2.73. The summed E-state index contributed by atoms with van der Waals surface area (Å²) in [6, 6.07) is 0. The number of hydrogen-bond acceptors (Lipinski definition) is 7. The minimum atomic E-state index is -0.588. The number of ether oxygens (including phenoxy) is 3. The molecule has 1 aromatic heterocycles. The Hall–Kier alpha value is -1.73. The Balaban J connectivity index is 2.35. The first-order valence-electron chi connectivity index (χ1n) is 6.56. The Morgan fingerprint density at radius 2 is 2.20 bits per heavy atom. The van der Waals surface area contributed by atoms with Crippen molar-refractivity contribution in [2.75, 3.05) is 32.7 Å². The van der Waals surface area contributed by atoms with Crippen LogP contribution in [0, 0.1) is 0 Å². The van der Waals surface area contributed by atoms with Crippen molar-refractivity contribution in [1.82, 2.24) is 9.97 Å². The van der Waals surface area contributed by atoms with Crippen molar-refractivity contribution in [2.45, 2.75) is 25.4 Å². The van der Waals surface area contributed by atoms with Gasteiger partial charge in [-0.1, -0.05) is 0 Å². The fourth-order valence-corrected chi connectivity index (χ4v) is 2.29. The van der Waals surface area contributed by atoms with Gasteiger partial charge in [0.2, 0.25) is 0 Å². The zero-order chi connectivity index (χ0) is 14.6. The minimum absolute atomic E-state index is 0.104. The van der Waals surface area contributed by atoms with E-state index >= 15 is 0 Å². The fraction of sp³-hybridized carbons (Fsp3) is 0.615. The number of carbonyl (C=O) groups excluding carboxylic acids is 1. The van der Waals surface area contributed by atoms with E-state index in [1.54, 1.807) is 0 Å². The van der Waals surface area contributed by atoms with E-state index in [9.17, 15) is 4.79 Å². The SMILES string of the molecule is CCOC1(c2ncc(C(=O)OC)c(N)n2)CCOCC1. The number of nitrogens with zero attached hydrogens (tertiary/aromatic N) is 2. The molecule has 2 rings (SSSR count). The quantitative estimate of drug-likeness (QED) is 0.818. The van der Waals surface area contributed by atoms with E-state index < -0.39 is 11.6 Å². The van der Waals surface area contributed by atoms with E-state index in [0.29, 0.717) is 38.5 Å². The highest BCUT2D eigenvalue weighted by molar-refractivity contribution is 5.93. The molecule has 7 nitrogen and oxygen atoms in total. The number of methoxy groups -OCH3 is 1. The summed E-state index contributed by atoms with van der Waals surface area (Å²) in [5.74, 6) is 0.0479. The lowest BCUT2D eigenvalue weighted by Gasteiger charge is -2.35. The van der Waals surface area contributed by atoms with Gasteiger partial charge in [0.25, 0.3) is 0 Å². The first-order valence-corrected chi connectivity index (χ1v) is 6.56. The van der Waals surface area contributed by atoms with E-state index in [0.717, 1.165) is 0 Å². The number of aromatic nitrogens is 2. The molecule has 0 aromatic carbocycles. The molecule has 2 heterocycles. The van der Waals surface area contributed by atoms with Crippen LogP contribution in [0.2, 0.25) is 0 Å². The van der Waals surface area contributed by atoms with Crippen molar-refractivity contribution < 1.29 is 19.0 Å². The highest BCUT2D eigenvalue weighted by Crippen LogP contribution is 2.34. The average Bonchev–Trinajstić information content (AvgIpc) is 2.47. The van der Waals surface area contributed by atoms with E-state index in [1.165, 1.54) is 13.3 Å². The van der Waals surface area contributed by atoms with E-state index in [-0.39, 0.29) is 11.4 Å². The van der Waals surface area contributed by atoms with E-state index in [1.807, 2.05) is 6.92 Å². The van der Waals surface area contributed by atoms with Crippen molar-refractivity contribution in [3.05, 3.63) is 17.6 Å². The van der Waals surface area contributed by atoms with Gasteiger partial charge in [0.1, 0.15) is 17.0 Å². The molecule has 0 atom stereocenters. The lowest BCUT2D eigenvalue weighted by atomic mass is 9.92. The molecule has 0 radical (unpaired) electrons. The first kappa shape index (κ1) is 14.7. The molecule has 1 aliphatic heterocycles. The van der Waals surface area contributed by atoms with Gasteiger partial charge in [0.15, 0.2) is 5.82 Å². The molecular weight excluding hydrogens is 262 g/mol. The Morgan fingerprint density at radius 1 is 1.50 bits per heavy atom. The second kappa shape index (κ2) is 6.15. The Bertz CT molecular complexity index is 481. The fourth-order valence-electron chi connectivity index (χ4n) is 2.29. The summed E-state index contributed by atoms with van der Waals surface area (Å²) in [5.41, 5.74) is 5.40. The highest BCUT2D eigenvalue weighted by Gasteiger charge is 2.38. The summed E-state index contributed by atoms with van der Waals surface area (Å²) in [5, 5.41) is 0. The van der Waals surface area contributed by atoms with Crippen LogP contribution in [0.5, 0.6) is 0 Å². The van der Waals surface area contributed by atoms with Gasteiger partial charge >= 0.3 is 5.97 Å². The standard InChI is InChI=1S/C13H19N3O4/c1-3-20-13(4-6-19-7-5-13)12-15-8-9(10(14)16-12)11(17)18-2/h8H,3-7H2,1-2H3,(H2,14,15,16). The average molecular weight is 281 g/mol. The molecule has 0 aliphatic carbocycles. The topological polar surface area (TPSA) is 96.6 Å². The third-order valence-electron chi connectivity index (χ3n) is 3.35. The zero-order valence-electron chi connectivity index (χ0n) is 11.7. The lowest BCUT2D eigenvalue weighted by Crippen LogP contribution is -2.38. The molecule has 0 bridgehead atoms. The van der Waals surface area contributed by atoms with Gasteiger partial charge in [-0.05, 0) is 6.92 Å². The highest BCUT2D eigenvalue weighted by atomic mass is 16.5. The third-order valence-corrected chi connectivity index (χ3v) is 3.35. The number of carbonyl (C=O) groups is 1. The summed E-state index contributed by atoms with van der Waals surface area (Å²) in [6.07, 6.45) is 2.72. The maximum Gasteiger partial charge on any atom is 0.343 e. The smallest absolute Gasteiger partial charge is 0.343 e. The van der Waals surface area contributed by atoms with Crippen LogP contribution in [-0.4, -0.2) is 42.9 Å². The van der Waals surface area contributed by atoms with Gasteiger partial charge in [-0.2, -0.15) is 0 Å². The minimum Gasteiger partial charge on any atom is -0.465 e. The lowest BCUT2D eigenvalue weighted by molar-refractivity contribution is -0.117. The molecule has 110 valence electrons. The van der Waals surface area contributed by atoms with Gasteiger partial charge in [0, 0.05) is 38.9 Å². The molecule has 0 saturated carbocycles. The maximum absolute atomic E-state index is 11.5. The number of nitrogens with two attached hydrogens (primary N) is 1. The molecule has 0 unspecified atom stereocenters. The van der Waals surface area contributed by atoms with Crippen molar-refractivity contribution in [1.29, 1.82) is 0 Å². The summed E-state index contributed by atoms with van der Waals surface area (Å²) in [6.45, 7) is 3.63. The van der Waals surface area contributed by atoms with Crippen molar-refractivity contribution in [3.63, 3.8) is 0 Å². The summed E-state index contributed by atoms with van der Waals surface area (Å²) >= 11 is 0. The molecule has 1 fully saturated rings. The van der Waals surface area contributed by atoms with Crippen LogP contribution in [0.1, 0.15) is 35.9 Å². The van der Waals surface area contributed by atoms with Crippen LogP contribution < -0.4 is 5.73 Å². The van der Waals surface area contributed by atoms with E-state index in [2.05, 4.69) is 14.7 Å². The van der Waals surface area contributed by atoms with Crippen LogP contribution in [-0.2, 0) is 19.8 Å². The molecule has 2 N–H and O–H groups in total. The van der Waals surface area contributed by atoms with Gasteiger partial charge in [-0.15, -0.1) is 0 Å². The van der Waals surface area contributed by atoms with E-state index in [4.69, 9.17) is 15.2 Å². The van der Waals surface area contributed by atoms with Crippen LogP contribution in [0.15, 0.2) is 6.20 Å². The molecule has 1 saturated heterocycles. The number of nitrogen functional groups attached to an aromatic ring is 1. The molecule has 0 amide bonds. The maximum atomic E-state index is 11.5. The van der Waals surface area contributed by atoms with Gasteiger partial charge < -0.3 is 19.9 Å². The van der Waals surface area contributed by atoms with Crippen LogP contribution in [0.4, 0.5) is 5.82 Å². The molecule has 20 heavy (non-hydrogen) atoms. The number of hydrogen-bond donors (Lipinski definition) is 1. The monoisotopic (exact) mass is 281 g/mol. The molecule has 1 aliphatic rings. The summed E-state index contributed by atoms with van der Waals surface area (Å²) < 4.78 is 15.8. The zero-order valence-corrected chi connectivity index (χ0v) is 11.7. The number of esters is 1. The molecule has 0 spiro atoms. The second-order valence-corrected chi connectivity index (χ2v) is 4.52. The Kier molecular flexibility index (Phi) is 4.51. The summed E-state index contributed by atoms with van der Waals surface area (Å²) in [7, 11) is 1.29. The predicted octanol–water partition coefficient (Wildman–Crippen LogP) is 0.888. The molecule has 7 heteroatoms. The largest absolute Gasteiger partial charge is 0.465 e. The van der Waals surface area contributed by atoms with Crippen molar-refractivity contribution in [2.24, 2.45) is 0 Å². The first-order chi connectivity index (χ1) is 9.63. The van der Waals surface area contributed by atoms with Crippen LogP contribution >= 0.6 is 0 Å². The van der Waals surface area contributed by atoms with Gasteiger partial charge in [-0.25, -0.2) is 14.8 Å². The number of anilines is 1. The van der Waals surface area contributed by atoms with Gasteiger partial charge in [-0.3, -0.25) is 0 Å². The number of rotatable bonds is 4. The van der Waals surface area contributed by atoms with Crippen molar-refractivity contribution >= 4 is 11.8 Å². The normalized spacial score (nSPS) is 17.7. The molecular formula is C13H19N3O4. The van der Waals surface area contributed by atoms with Crippen molar-refractivity contribution in [3.8, 4) is 0 Å². The molecule has 1 aromatic rings. The Morgan fingerprint density at radius 3 is 2.75 bits per heavy atom. The second-order valence-electron chi connectivity index (χ2n) is 4.52. The Labute approximate surface area is 117 Å². The summed E-state index contributed by atoms with van der Waals surface area (Å²) in [4.78, 5) is 20.0. The predicted molar refractivity (Wildman–Crippen MR) is 71.1 cm³/mol. The van der Waals surface area contributed by atoms with Crippen LogP contribution in [0.3, 0.4) is 0 Å².